The second kappa shape index (κ2) is 7.63. The zero-order chi connectivity index (χ0) is 18.7. The highest BCUT2D eigenvalue weighted by molar-refractivity contribution is 8.19. The molecule has 0 saturated carbocycles. The highest BCUT2D eigenvalue weighted by atomic mass is 35.5. The molecular formula is C18H12ClNO5S. The zero-order valence-electron chi connectivity index (χ0n) is 13.2. The van der Waals surface area contributed by atoms with Crippen LogP contribution in [0.2, 0.25) is 5.02 Å². The number of thioether (sulfide) groups is 1. The maximum Gasteiger partial charge on any atom is 0.341 e. The molecule has 1 aliphatic heterocycles. The van der Waals surface area contributed by atoms with Crippen LogP contribution in [0.5, 0.6) is 5.75 Å². The molecule has 2 amide bonds. The van der Waals surface area contributed by atoms with Crippen LogP contribution in [0.25, 0.3) is 6.08 Å². The van der Waals surface area contributed by atoms with Crippen LogP contribution >= 0.6 is 23.4 Å². The molecule has 0 atom stereocenters. The minimum absolute atomic E-state index is 0.272. The van der Waals surface area contributed by atoms with Crippen molar-refractivity contribution in [2.45, 2.75) is 0 Å². The van der Waals surface area contributed by atoms with Crippen molar-refractivity contribution in [3.05, 3.63) is 64.0 Å². The summed E-state index contributed by atoms with van der Waals surface area (Å²) in [5, 5.41) is 8.49. The number of hydrogen-bond acceptors (Lipinski definition) is 5. The highest BCUT2D eigenvalue weighted by Gasteiger charge is 2.37. The van der Waals surface area contributed by atoms with E-state index in [9.17, 15) is 14.4 Å². The Morgan fingerprint density at radius 3 is 2.50 bits per heavy atom. The van der Waals surface area contributed by atoms with Gasteiger partial charge in [0.05, 0.1) is 15.6 Å². The SMILES string of the molecule is O=C(O)COc1ccc(/C=C2\SC(=O)N(c3ccccc3Cl)C2=O)cc1. The van der Waals surface area contributed by atoms with Gasteiger partial charge in [0.25, 0.3) is 11.1 Å². The first-order valence-corrected chi connectivity index (χ1v) is 8.62. The molecule has 0 radical (unpaired) electrons. The Bertz CT molecular complexity index is 910. The number of anilines is 1. The van der Waals surface area contributed by atoms with Gasteiger partial charge in [-0.25, -0.2) is 9.69 Å². The number of carbonyl (C=O) groups excluding carboxylic acids is 2. The molecule has 3 rings (SSSR count). The zero-order valence-corrected chi connectivity index (χ0v) is 14.8. The van der Waals surface area contributed by atoms with Crippen LogP contribution < -0.4 is 9.64 Å². The van der Waals surface area contributed by atoms with Crippen molar-refractivity contribution < 1.29 is 24.2 Å². The molecular weight excluding hydrogens is 378 g/mol. The van der Waals surface area contributed by atoms with Gasteiger partial charge in [0.1, 0.15) is 5.75 Å². The summed E-state index contributed by atoms with van der Waals surface area (Å²) in [7, 11) is 0. The fourth-order valence-corrected chi connectivity index (χ4v) is 3.32. The van der Waals surface area contributed by atoms with Gasteiger partial charge in [-0.05, 0) is 47.7 Å². The van der Waals surface area contributed by atoms with Crippen molar-refractivity contribution in [2.24, 2.45) is 0 Å². The van der Waals surface area contributed by atoms with Crippen molar-refractivity contribution in [1.82, 2.24) is 0 Å². The monoisotopic (exact) mass is 389 g/mol. The molecule has 0 aliphatic carbocycles. The number of ether oxygens (including phenoxy) is 1. The van der Waals surface area contributed by atoms with E-state index in [1.165, 1.54) is 0 Å². The minimum atomic E-state index is -1.07. The Morgan fingerprint density at radius 2 is 1.85 bits per heavy atom. The van der Waals surface area contributed by atoms with E-state index in [4.69, 9.17) is 21.4 Å². The Balaban J connectivity index is 1.80. The molecule has 6 nitrogen and oxygen atoms in total. The van der Waals surface area contributed by atoms with Crippen LogP contribution in [0, 0.1) is 0 Å². The summed E-state index contributed by atoms with van der Waals surface area (Å²) in [6.45, 7) is -0.434. The molecule has 1 fully saturated rings. The number of hydrogen-bond donors (Lipinski definition) is 1. The van der Waals surface area contributed by atoms with Gasteiger partial charge in [-0.2, -0.15) is 0 Å². The normalized spacial score (nSPS) is 15.6. The van der Waals surface area contributed by atoms with Crippen LogP contribution in [-0.4, -0.2) is 28.8 Å². The summed E-state index contributed by atoms with van der Waals surface area (Å²) in [6.07, 6.45) is 1.59. The molecule has 26 heavy (non-hydrogen) atoms. The highest BCUT2D eigenvalue weighted by Crippen LogP contribution is 2.38. The summed E-state index contributed by atoms with van der Waals surface area (Å²) in [4.78, 5) is 36.6. The van der Waals surface area contributed by atoms with Gasteiger partial charge < -0.3 is 9.84 Å². The molecule has 0 unspecified atom stereocenters. The van der Waals surface area contributed by atoms with Gasteiger partial charge in [-0.1, -0.05) is 35.9 Å². The number of nitrogens with zero attached hydrogens (tertiary/aromatic N) is 1. The van der Waals surface area contributed by atoms with Gasteiger partial charge in [0.15, 0.2) is 6.61 Å². The van der Waals surface area contributed by atoms with E-state index in [-0.39, 0.29) is 4.91 Å². The van der Waals surface area contributed by atoms with Gasteiger partial charge in [-0.3, -0.25) is 9.59 Å². The number of carbonyl (C=O) groups is 3. The smallest absolute Gasteiger partial charge is 0.341 e. The standard InChI is InChI=1S/C18H12ClNO5S/c19-13-3-1-2-4-14(13)20-17(23)15(26-18(20)24)9-11-5-7-12(8-6-11)25-10-16(21)22/h1-9H,10H2,(H,21,22)/b15-9-. The number of aliphatic carboxylic acids is 1. The average Bonchev–Trinajstić information content (AvgIpc) is 2.88. The lowest BCUT2D eigenvalue weighted by atomic mass is 10.2. The van der Waals surface area contributed by atoms with Crippen molar-refractivity contribution in [1.29, 1.82) is 0 Å². The van der Waals surface area contributed by atoms with Crippen molar-refractivity contribution in [3.8, 4) is 5.75 Å². The van der Waals surface area contributed by atoms with Gasteiger partial charge in [-0.15, -0.1) is 0 Å². The Hall–Kier alpha value is -2.77. The molecule has 2 aromatic rings. The first kappa shape index (κ1) is 18.0. The Labute approximate surface area is 158 Å². The second-order valence-electron chi connectivity index (χ2n) is 5.22. The van der Waals surface area contributed by atoms with Crippen LogP contribution in [0.4, 0.5) is 10.5 Å². The third-order valence-electron chi connectivity index (χ3n) is 3.43. The maximum absolute atomic E-state index is 12.6. The molecule has 1 saturated heterocycles. The molecule has 2 aromatic carbocycles. The fourth-order valence-electron chi connectivity index (χ4n) is 2.27. The Morgan fingerprint density at radius 1 is 1.15 bits per heavy atom. The summed E-state index contributed by atoms with van der Waals surface area (Å²) in [6, 6.07) is 13.1. The molecule has 0 bridgehead atoms. The number of halogens is 1. The van der Waals surface area contributed by atoms with E-state index in [2.05, 4.69) is 0 Å². The fraction of sp³-hybridized carbons (Fsp3) is 0.0556. The summed E-state index contributed by atoms with van der Waals surface area (Å²) in [5.41, 5.74) is 1.02. The van der Waals surface area contributed by atoms with Gasteiger partial charge >= 0.3 is 5.97 Å². The number of rotatable bonds is 5. The van der Waals surface area contributed by atoms with Crippen molar-refractivity contribution in [3.63, 3.8) is 0 Å². The topological polar surface area (TPSA) is 83.9 Å². The molecule has 132 valence electrons. The summed E-state index contributed by atoms with van der Waals surface area (Å²) >= 11 is 6.91. The lowest BCUT2D eigenvalue weighted by molar-refractivity contribution is -0.139. The van der Waals surface area contributed by atoms with Crippen LogP contribution in [-0.2, 0) is 9.59 Å². The molecule has 1 heterocycles. The average molecular weight is 390 g/mol. The van der Waals surface area contributed by atoms with E-state index in [0.717, 1.165) is 16.7 Å². The van der Waals surface area contributed by atoms with Crippen LogP contribution in [0.3, 0.4) is 0 Å². The summed E-state index contributed by atoms with van der Waals surface area (Å²) in [5.74, 6) is -1.12. The van der Waals surface area contributed by atoms with E-state index in [1.807, 2.05) is 0 Å². The minimum Gasteiger partial charge on any atom is -0.482 e. The molecule has 0 spiro atoms. The van der Waals surface area contributed by atoms with Crippen LogP contribution in [0.1, 0.15) is 5.56 Å². The third-order valence-corrected chi connectivity index (χ3v) is 4.62. The molecule has 8 heteroatoms. The quantitative estimate of drug-likeness (QED) is 0.777. The van der Waals surface area contributed by atoms with E-state index in [1.54, 1.807) is 54.6 Å². The first-order valence-electron chi connectivity index (χ1n) is 7.43. The largest absolute Gasteiger partial charge is 0.482 e. The molecule has 0 aromatic heterocycles. The van der Waals surface area contributed by atoms with E-state index in [0.29, 0.717) is 22.0 Å². The predicted octanol–water partition coefficient (Wildman–Crippen LogP) is 4.04. The number of benzene rings is 2. The first-order chi connectivity index (χ1) is 12.5. The molecule has 1 N–H and O–H groups in total. The third kappa shape index (κ3) is 3.89. The Kier molecular flexibility index (Phi) is 5.29. The van der Waals surface area contributed by atoms with Crippen molar-refractivity contribution in [2.75, 3.05) is 11.5 Å². The second-order valence-corrected chi connectivity index (χ2v) is 6.62. The van der Waals surface area contributed by atoms with Gasteiger partial charge in [0.2, 0.25) is 0 Å². The number of para-hydroxylation sites is 1. The lowest BCUT2D eigenvalue weighted by Crippen LogP contribution is -2.27. The predicted molar refractivity (Wildman–Crippen MR) is 99.5 cm³/mol. The number of imide groups is 1. The maximum atomic E-state index is 12.6. The van der Waals surface area contributed by atoms with Crippen LogP contribution in [0.15, 0.2) is 53.4 Å². The van der Waals surface area contributed by atoms with E-state index < -0.39 is 23.7 Å². The summed E-state index contributed by atoms with van der Waals surface area (Å²) < 4.78 is 5.05. The van der Waals surface area contributed by atoms with Crippen molar-refractivity contribution >= 4 is 52.2 Å². The lowest BCUT2D eigenvalue weighted by Gasteiger charge is -2.13. The van der Waals surface area contributed by atoms with E-state index >= 15 is 0 Å². The molecule has 1 aliphatic rings. The number of amides is 2. The number of carboxylic acid groups (broad SMARTS) is 1. The number of carboxylic acids is 1. The van der Waals surface area contributed by atoms with Gasteiger partial charge in [0, 0.05) is 0 Å².